The number of Topliss-reactive ketones (excluding diaryl/α,β-unsaturated/α-hetero) is 1. The van der Waals surface area contributed by atoms with E-state index in [1.807, 2.05) is 6.08 Å². The molecule has 0 radical (unpaired) electrons. The smallest absolute Gasteiger partial charge is 0.303 e. The number of fused-ring (bicyclic) bond motifs is 5. The molecule has 3 saturated carbocycles. The van der Waals surface area contributed by atoms with Crippen LogP contribution in [0.15, 0.2) is 23.8 Å². The molecule has 0 spiro atoms. The van der Waals surface area contributed by atoms with Crippen molar-refractivity contribution in [2.24, 2.45) is 28.6 Å². The summed E-state index contributed by atoms with van der Waals surface area (Å²) in [6.45, 7) is 11.7. The molecule has 28 heavy (non-hydrogen) atoms. The molecule has 0 heterocycles. The van der Waals surface area contributed by atoms with Crippen molar-refractivity contribution in [1.82, 2.24) is 0 Å². The van der Waals surface area contributed by atoms with E-state index in [0.29, 0.717) is 18.3 Å². The number of carbonyl (C=O) groups is 3. The molecule has 0 aromatic carbocycles. The van der Waals surface area contributed by atoms with Crippen LogP contribution in [0.2, 0.25) is 0 Å². The zero-order valence-corrected chi connectivity index (χ0v) is 17.6. The van der Waals surface area contributed by atoms with Gasteiger partial charge in [-0.25, -0.2) is 0 Å². The van der Waals surface area contributed by atoms with Crippen LogP contribution < -0.4 is 0 Å². The van der Waals surface area contributed by atoms with Crippen molar-refractivity contribution >= 4 is 17.5 Å². The Morgan fingerprint density at radius 3 is 2.46 bits per heavy atom. The molecule has 4 aliphatic carbocycles. The molecule has 0 N–H and O–H groups in total. The molecule has 0 bridgehead atoms. The number of esters is 1. The molecule has 152 valence electrons. The van der Waals surface area contributed by atoms with Crippen LogP contribution in [-0.4, -0.2) is 23.1 Å². The van der Waals surface area contributed by atoms with E-state index in [4.69, 9.17) is 4.74 Å². The fourth-order valence-corrected chi connectivity index (χ4v) is 7.63. The molecule has 4 nitrogen and oxygen atoms in total. The lowest BCUT2D eigenvalue weighted by molar-refractivity contribution is -0.181. The van der Waals surface area contributed by atoms with Gasteiger partial charge in [0, 0.05) is 18.8 Å². The summed E-state index contributed by atoms with van der Waals surface area (Å²) in [5.74, 6) is 1.05. The van der Waals surface area contributed by atoms with Crippen LogP contribution >= 0.6 is 0 Å². The summed E-state index contributed by atoms with van der Waals surface area (Å²) in [5, 5.41) is 0. The van der Waals surface area contributed by atoms with Crippen molar-refractivity contribution in [3.8, 4) is 0 Å². The second-order valence-electron chi connectivity index (χ2n) is 10.1. The van der Waals surface area contributed by atoms with Crippen molar-refractivity contribution in [2.75, 3.05) is 0 Å². The van der Waals surface area contributed by atoms with Gasteiger partial charge in [0.2, 0.25) is 0 Å². The Morgan fingerprint density at radius 2 is 1.82 bits per heavy atom. The molecule has 0 amide bonds. The van der Waals surface area contributed by atoms with Gasteiger partial charge in [-0.3, -0.25) is 14.4 Å². The van der Waals surface area contributed by atoms with Gasteiger partial charge in [-0.05, 0) is 80.3 Å². The Morgan fingerprint density at radius 1 is 1.11 bits per heavy atom. The summed E-state index contributed by atoms with van der Waals surface area (Å²) in [7, 11) is 0. The number of ketones is 2. The maximum atomic E-state index is 12.9. The third kappa shape index (κ3) is 2.32. The highest BCUT2D eigenvalue weighted by molar-refractivity contribution is 5.93. The minimum absolute atomic E-state index is 0.0857. The number of carbonyl (C=O) groups excluding carboxylic acids is 3. The summed E-state index contributed by atoms with van der Waals surface area (Å²) in [5.41, 5.74) is 0.609. The number of ether oxygens (including phenoxy) is 1. The number of rotatable bonds is 2. The number of hydrogen-bond donors (Lipinski definition) is 0. The third-order valence-electron chi connectivity index (χ3n) is 8.91. The molecule has 0 aliphatic heterocycles. The molecule has 0 saturated heterocycles. The van der Waals surface area contributed by atoms with Crippen molar-refractivity contribution in [3.05, 3.63) is 23.8 Å². The summed E-state index contributed by atoms with van der Waals surface area (Å²) in [6.07, 6.45) is 8.10. The molecule has 0 aromatic heterocycles. The molecule has 0 aromatic rings. The van der Waals surface area contributed by atoms with Gasteiger partial charge in [0.05, 0.1) is 0 Å². The van der Waals surface area contributed by atoms with Gasteiger partial charge in [0.25, 0.3) is 0 Å². The van der Waals surface area contributed by atoms with Crippen LogP contribution in [0.25, 0.3) is 0 Å². The van der Waals surface area contributed by atoms with Crippen LogP contribution in [0.5, 0.6) is 0 Å². The zero-order chi connectivity index (χ0) is 20.5. The van der Waals surface area contributed by atoms with E-state index < -0.39 is 17.0 Å². The van der Waals surface area contributed by atoms with E-state index in [-0.39, 0.29) is 22.9 Å². The lowest BCUT2D eigenvalue weighted by Gasteiger charge is -2.58. The number of allylic oxidation sites excluding steroid dienone is 1. The summed E-state index contributed by atoms with van der Waals surface area (Å²) >= 11 is 0. The van der Waals surface area contributed by atoms with E-state index in [2.05, 4.69) is 20.4 Å². The standard InChI is InChI=1S/C24H32O4/c1-14-12-21-19-7-6-17-13-18(27)8-10-22(17,4)20(19)9-11-23(21,5)24(14,15(2)25)28-16(3)26/h13,19-21H,1,6-12H2,2-5H3/t19-,20+,21+,22-,23-,24-/m0/s1. The van der Waals surface area contributed by atoms with E-state index in [1.165, 1.54) is 12.5 Å². The van der Waals surface area contributed by atoms with Gasteiger partial charge in [0.1, 0.15) is 0 Å². The number of hydrogen-bond acceptors (Lipinski definition) is 4. The van der Waals surface area contributed by atoms with Gasteiger partial charge in [-0.2, -0.15) is 0 Å². The molecule has 3 fully saturated rings. The molecule has 0 unspecified atom stereocenters. The first-order valence-corrected chi connectivity index (χ1v) is 10.7. The van der Waals surface area contributed by atoms with Gasteiger partial charge in [0.15, 0.2) is 17.2 Å². The predicted molar refractivity (Wildman–Crippen MR) is 106 cm³/mol. The van der Waals surface area contributed by atoms with Gasteiger partial charge in [-0.15, -0.1) is 0 Å². The Hall–Kier alpha value is -1.71. The molecular formula is C24H32O4. The Kier molecular flexibility index (Phi) is 4.30. The van der Waals surface area contributed by atoms with E-state index in [0.717, 1.165) is 44.1 Å². The van der Waals surface area contributed by atoms with Crippen LogP contribution in [0.1, 0.15) is 72.6 Å². The second-order valence-corrected chi connectivity index (χ2v) is 10.1. The van der Waals surface area contributed by atoms with Crippen molar-refractivity contribution in [3.63, 3.8) is 0 Å². The minimum Gasteiger partial charge on any atom is -0.446 e. The van der Waals surface area contributed by atoms with Crippen molar-refractivity contribution < 1.29 is 19.1 Å². The SMILES string of the molecule is C=C1C[C@@H]2[C@H]3CCC4=CC(=O)CC[C@]4(C)[C@@H]3CC[C@]2(C)[C@@]1(OC(C)=O)C(C)=O. The Bertz CT molecular complexity index is 807. The van der Waals surface area contributed by atoms with Crippen molar-refractivity contribution in [1.29, 1.82) is 0 Å². The Labute approximate surface area is 167 Å². The van der Waals surface area contributed by atoms with E-state index in [1.54, 1.807) is 6.92 Å². The fourth-order valence-electron chi connectivity index (χ4n) is 7.63. The molecule has 4 heteroatoms. The third-order valence-corrected chi connectivity index (χ3v) is 8.91. The lowest BCUT2D eigenvalue weighted by atomic mass is 9.46. The topological polar surface area (TPSA) is 60.4 Å². The molecule has 6 atom stereocenters. The molecule has 4 rings (SSSR count). The summed E-state index contributed by atoms with van der Waals surface area (Å²) in [4.78, 5) is 36.8. The fraction of sp³-hybridized carbons (Fsp3) is 0.708. The summed E-state index contributed by atoms with van der Waals surface area (Å²) in [6, 6.07) is 0. The minimum atomic E-state index is -1.19. The average molecular weight is 385 g/mol. The first-order chi connectivity index (χ1) is 13.1. The highest BCUT2D eigenvalue weighted by Gasteiger charge is 2.69. The van der Waals surface area contributed by atoms with Gasteiger partial charge < -0.3 is 4.74 Å². The zero-order valence-electron chi connectivity index (χ0n) is 17.6. The van der Waals surface area contributed by atoms with Crippen LogP contribution in [-0.2, 0) is 19.1 Å². The maximum Gasteiger partial charge on any atom is 0.303 e. The largest absolute Gasteiger partial charge is 0.446 e. The van der Waals surface area contributed by atoms with E-state index in [9.17, 15) is 14.4 Å². The van der Waals surface area contributed by atoms with E-state index >= 15 is 0 Å². The van der Waals surface area contributed by atoms with Gasteiger partial charge in [-0.1, -0.05) is 26.0 Å². The normalized spacial score (nSPS) is 44.9. The van der Waals surface area contributed by atoms with Crippen LogP contribution in [0.3, 0.4) is 0 Å². The van der Waals surface area contributed by atoms with Crippen molar-refractivity contribution in [2.45, 2.75) is 78.2 Å². The molecule has 4 aliphatic rings. The maximum absolute atomic E-state index is 12.9. The lowest BCUT2D eigenvalue weighted by Crippen LogP contribution is -2.59. The summed E-state index contributed by atoms with van der Waals surface area (Å²) < 4.78 is 5.83. The van der Waals surface area contributed by atoms with Gasteiger partial charge >= 0.3 is 5.97 Å². The monoisotopic (exact) mass is 384 g/mol. The second kappa shape index (κ2) is 6.14. The van der Waals surface area contributed by atoms with Crippen LogP contribution in [0.4, 0.5) is 0 Å². The Balaban J connectivity index is 1.75. The highest BCUT2D eigenvalue weighted by atomic mass is 16.6. The van der Waals surface area contributed by atoms with Crippen LogP contribution in [0, 0.1) is 28.6 Å². The molecular weight excluding hydrogens is 352 g/mol. The highest BCUT2D eigenvalue weighted by Crippen LogP contribution is 2.69. The first kappa shape index (κ1) is 19.6. The first-order valence-electron chi connectivity index (χ1n) is 10.7. The predicted octanol–water partition coefficient (Wildman–Crippen LogP) is 4.58. The quantitative estimate of drug-likeness (QED) is 0.517. The average Bonchev–Trinajstić information content (AvgIpc) is 2.83.